The molecule has 0 bridgehead atoms. The predicted octanol–water partition coefficient (Wildman–Crippen LogP) is 29.6. The van der Waals surface area contributed by atoms with Crippen LogP contribution in [0.5, 0.6) is 0 Å². The van der Waals surface area contributed by atoms with Crippen molar-refractivity contribution in [2.24, 2.45) is 0 Å². The standard InChI is InChI=1S/C91H156O5/c1-3-5-7-9-11-13-15-17-19-21-23-25-27-29-31-33-35-37-39-41-43-45-47-49-51-53-55-57-59-61-63-65-67-69-71-73-75-77-79-81-83-85-90(93)95-88-89(87-92)96-91(94)86-84-82-80-78-76-74-72-70-68-66-64-62-60-58-56-54-52-50-48-46-44-42-40-38-36-34-32-30-28-26-24-22-20-18-16-14-12-10-8-6-4-2/h6,8,12,14-15,17-18,20-21,23-24,26-27,29-30,32,36,38,42,44,48,50,54,56,89,92H,3-5,7,9-11,13,16,19,22,25,28,31,33-35,37,39-41,43,45-47,49,51-53,55,57-88H2,1-2H3/b8-6-,14-12-,17-15-,20-18-,23-21-,26-24-,29-27-,32-30-,38-36-,44-42-,50-48-,56-54-. The van der Waals surface area contributed by atoms with Crippen molar-refractivity contribution >= 4 is 11.9 Å². The Bertz CT molecular complexity index is 1950. The Morgan fingerprint density at radius 2 is 0.448 bits per heavy atom. The van der Waals surface area contributed by atoms with Gasteiger partial charge in [0.25, 0.3) is 0 Å². The molecule has 0 aromatic rings. The molecule has 1 atom stereocenters. The molecule has 1 N–H and O–H groups in total. The fourth-order valence-corrected chi connectivity index (χ4v) is 12.0. The third-order valence-electron chi connectivity index (χ3n) is 18.1. The van der Waals surface area contributed by atoms with Gasteiger partial charge in [0.15, 0.2) is 6.10 Å². The van der Waals surface area contributed by atoms with E-state index >= 15 is 0 Å². The molecule has 0 rings (SSSR count). The largest absolute Gasteiger partial charge is 0.462 e. The van der Waals surface area contributed by atoms with Crippen LogP contribution in [-0.2, 0) is 19.1 Å². The van der Waals surface area contributed by atoms with Gasteiger partial charge in [-0.1, -0.05) is 410 Å². The normalized spacial score (nSPS) is 13.0. The Hall–Kier alpha value is -4.22. The van der Waals surface area contributed by atoms with E-state index in [2.05, 4.69) is 160 Å². The summed E-state index contributed by atoms with van der Waals surface area (Å²) in [5.41, 5.74) is 0. The molecule has 0 aromatic carbocycles. The third-order valence-corrected chi connectivity index (χ3v) is 18.1. The van der Waals surface area contributed by atoms with E-state index in [4.69, 9.17) is 9.47 Å². The van der Waals surface area contributed by atoms with Crippen molar-refractivity contribution in [2.75, 3.05) is 13.2 Å². The van der Waals surface area contributed by atoms with Crippen molar-refractivity contribution in [3.63, 3.8) is 0 Å². The second kappa shape index (κ2) is 85.0. The first kappa shape index (κ1) is 91.8. The first-order valence-corrected chi connectivity index (χ1v) is 41.4. The molecule has 550 valence electrons. The number of allylic oxidation sites excluding steroid dienone is 24. The summed E-state index contributed by atoms with van der Waals surface area (Å²) in [5.74, 6) is -0.580. The first-order chi connectivity index (χ1) is 47.6. The molecule has 1 unspecified atom stereocenters. The Kier molecular flexibility index (Phi) is 81.3. The number of hydrogen-bond donors (Lipinski definition) is 1. The summed E-state index contributed by atoms with van der Waals surface area (Å²) in [5, 5.41) is 9.74. The molecule has 0 spiro atoms. The summed E-state index contributed by atoms with van der Waals surface area (Å²) in [6.45, 7) is 4.05. The number of esters is 2. The Morgan fingerprint density at radius 3 is 0.677 bits per heavy atom. The molecule has 5 heteroatoms. The van der Waals surface area contributed by atoms with Crippen molar-refractivity contribution in [3.8, 4) is 0 Å². The molecule has 96 heavy (non-hydrogen) atoms. The highest BCUT2D eigenvalue weighted by Crippen LogP contribution is 2.19. The van der Waals surface area contributed by atoms with Crippen LogP contribution in [0.25, 0.3) is 0 Å². The van der Waals surface area contributed by atoms with Gasteiger partial charge in [-0.15, -0.1) is 0 Å². The van der Waals surface area contributed by atoms with Crippen LogP contribution in [0.15, 0.2) is 146 Å². The van der Waals surface area contributed by atoms with Crippen LogP contribution in [-0.4, -0.2) is 36.4 Å². The summed E-state index contributed by atoms with van der Waals surface area (Å²) >= 11 is 0. The molecule has 0 saturated heterocycles. The van der Waals surface area contributed by atoms with Crippen molar-refractivity contribution in [3.05, 3.63) is 146 Å². The predicted molar refractivity (Wildman–Crippen MR) is 426 cm³/mol. The molecule has 0 aliphatic carbocycles. The maximum absolute atomic E-state index is 12.4. The fraction of sp³-hybridized carbons (Fsp3) is 0.714. The van der Waals surface area contributed by atoms with E-state index in [1.807, 2.05) is 0 Å². The highest BCUT2D eigenvalue weighted by atomic mass is 16.6. The van der Waals surface area contributed by atoms with Crippen LogP contribution in [0.2, 0.25) is 0 Å². The van der Waals surface area contributed by atoms with Gasteiger partial charge in [-0.3, -0.25) is 9.59 Å². The van der Waals surface area contributed by atoms with Crippen LogP contribution in [0.1, 0.15) is 399 Å². The summed E-state index contributed by atoms with van der Waals surface area (Å²) < 4.78 is 10.8. The maximum Gasteiger partial charge on any atom is 0.306 e. The lowest BCUT2D eigenvalue weighted by atomic mass is 10.0. The maximum atomic E-state index is 12.4. The van der Waals surface area contributed by atoms with E-state index in [9.17, 15) is 14.7 Å². The van der Waals surface area contributed by atoms with Crippen LogP contribution < -0.4 is 0 Å². The third kappa shape index (κ3) is 82.2. The molecule has 0 heterocycles. The second-order valence-electron chi connectivity index (χ2n) is 27.5. The number of aliphatic hydroxyl groups is 1. The van der Waals surface area contributed by atoms with Crippen LogP contribution in [0, 0.1) is 0 Å². The Labute approximate surface area is 597 Å². The number of hydrogen-bond acceptors (Lipinski definition) is 5. The van der Waals surface area contributed by atoms with Gasteiger partial charge in [0, 0.05) is 12.8 Å². The zero-order valence-electron chi connectivity index (χ0n) is 63.4. The molecule has 0 radical (unpaired) electrons. The highest BCUT2D eigenvalue weighted by Gasteiger charge is 2.16. The SMILES string of the molecule is CC/C=C\C/C=C\C/C=C\C/C=C\C/C=C\C/C=C\C/C=C\C/C=C\C/C=C\CCCCCCCCCCCCCCCC(=O)OC(CO)COC(=O)CCCCCCCCCCCCCCCCCCCCCCCCCCCC/C=C\C/C=C\C/C=C\CCCCCCC. The van der Waals surface area contributed by atoms with Crippen molar-refractivity contribution in [2.45, 2.75) is 405 Å². The number of unbranched alkanes of at least 4 members (excludes halogenated alkanes) is 44. The Balaban J connectivity index is 3.45. The topological polar surface area (TPSA) is 72.8 Å². The van der Waals surface area contributed by atoms with Crippen molar-refractivity contribution < 1.29 is 24.2 Å². The number of aliphatic hydroxyl groups excluding tert-OH is 1. The van der Waals surface area contributed by atoms with Gasteiger partial charge in [-0.05, 0) is 122 Å². The summed E-state index contributed by atoms with van der Waals surface area (Å²) in [7, 11) is 0. The van der Waals surface area contributed by atoms with Gasteiger partial charge >= 0.3 is 11.9 Å². The smallest absolute Gasteiger partial charge is 0.306 e. The molecule has 0 saturated carbocycles. The van der Waals surface area contributed by atoms with Crippen molar-refractivity contribution in [1.29, 1.82) is 0 Å². The average molecular weight is 1330 g/mol. The van der Waals surface area contributed by atoms with E-state index < -0.39 is 6.10 Å². The minimum Gasteiger partial charge on any atom is -0.462 e. The molecular weight excluding hydrogens is 1170 g/mol. The van der Waals surface area contributed by atoms with Gasteiger partial charge < -0.3 is 14.6 Å². The monoisotopic (exact) mass is 1330 g/mol. The van der Waals surface area contributed by atoms with Gasteiger partial charge in [0.2, 0.25) is 0 Å². The van der Waals surface area contributed by atoms with Crippen molar-refractivity contribution in [1.82, 2.24) is 0 Å². The quantitative estimate of drug-likeness (QED) is 0.0373. The molecular formula is C91H156O5. The zero-order chi connectivity index (χ0) is 69.0. The van der Waals surface area contributed by atoms with E-state index in [0.29, 0.717) is 12.8 Å². The number of carbonyl (C=O) groups is 2. The van der Waals surface area contributed by atoms with Gasteiger partial charge in [-0.25, -0.2) is 0 Å². The summed E-state index contributed by atoms with van der Waals surface area (Å²) in [6, 6.07) is 0. The lowest BCUT2D eigenvalue weighted by Crippen LogP contribution is -2.28. The first-order valence-electron chi connectivity index (χ1n) is 41.4. The lowest BCUT2D eigenvalue weighted by Gasteiger charge is -2.15. The van der Waals surface area contributed by atoms with E-state index in [-0.39, 0.29) is 25.2 Å². The molecule has 0 aliphatic rings. The molecule has 0 aromatic heterocycles. The van der Waals surface area contributed by atoms with Gasteiger partial charge in [0.05, 0.1) is 6.61 Å². The molecule has 0 aliphatic heterocycles. The second-order valence-corrected chi connectivity index (χ2v) is 27.5. The van der Waals surface area contributed by atoms with E-state index in [1.54, 1.807) is 0 Å². The highest BCUT2D eigenvalue weighted by molar-refractivity contribution is 5.70. The fourth-order valence-electron chi connectivity index (χ4n) is 12.0. The molecule has 0 amide bonds. The van der Waals surface area contributed by atoms with Gasteiger partial charge in [-0.2, -0.15) is 0 Å². The summed E-state index contributed by atoms with van der Waals surface area (Å²) in [6.07, 6.45) is 128. The zero-order valence-corrected chi connectivity index (χ0v) is 63.4. The minimum absolute atomic E-state index is 0.0676. The summed E-state index contributed by atoms with van der Waals surface area (Å²) in [4.78, 5) is 24.7. The van der Waals surface area contributed by atoms with E-state index in [1.165, 1.54) is 263 Å². The molecule has 0 fully saturated rings. The Morgan fingerprint density at radius 1 is 0.250 bits per heavy atom. The number of rotatable bonds is 76. The lowest BCUT2D eigenvalue weighted by molar-refractivity contribution is -0.161. The van der Waals surface area contributed by atoms with Gasteiger partial charge in [0.1, 0.15) is 6.61 Å². The number of carbonyl (C=O) groups excluding carboxylic acids is 2. The van der Waals surface area contributed by atoms with Crippen LogP contribution >= 0.6 is 0 Å². The average Bonchev–Trinajstić information content (AvgIpc) is 3.79. The molecule has 5 nitrogen and oxygen atoms in total. The van der Waals surface area contributed by atoms with E-state index in [0.717, 1.165) is 109 Å². The van der Waals surface area contributed by atoms with Crippen LogP contribution in [0.3, 0.4) is 0 Å². The number of ether oxygens (including phenoxy) is 2. The van der Waals surface area contributed by atoms with Crippen LogP contribution in [0.4, 0.5) is 0 Å². The minimum atomic E-state index is -0.781.